The van der Waals surface area contributed by atoms with E-state index in [-0.39, 0.29) is 36.3 Å². The van der Waals surface area contributed by atoms with Crippen molar-refractivity contribution < 1.29 is 22.4 Å². The standard InChI is InChI=1S/C16H20F4N2O.ClH/c1-10(11-3-2-6-21-9-11)7-15(23)22-12-4-5-14(17)13(8-12)16(18,19)20;/h4-5,8,10-11,21H,2-3,6-7,9H2,1H3,(H,22,23);1H. The van der Waals surface area contributed by atoms with Gasteiger partial charge in [-0.3, -0.25) is 4.79 Å². The number of rotatable bonds is 4. The molecule has 1 fully saturated rings. The Bertz CT molecular complexity index is 559. The average molecular weight is 369 g/mol. The summed E-state index contributed by atoms with van der Waals surface area (Å²) in [6.07, 6.45) is -2.46. The summed E-state index contributed by atoms with van der Waals surface area (Å²) in [6.45, 7) is 3.79. The van der Waals surface area contributed by atoms with E-state index in [2.05, 4.69) is 10.6 Å². The molecule has 0 spiro atoms. The third-order valence-corrected chi connectivity index (χ3v) is 4.20. The molecule has 1 aromatic rings. The number of nitrogens with one attached hydrogen (secondary N) is 2. The van der Waals surface area contributed by atoms with Crippen molar-refractivity contribution >= 4 is 24.0 Å². The molecule has 0 saturated carbocycles. The van der Waals surface area contributed by atoms with Crippen molar-refractivity contribution in [2.75, 3.05) is 18.4 Å². The number of hydrogen-bond donors (Lipinski definition) is 2. The molecule has 2 rings (SSSR count). The van der Waals surface area contributed by atoms with Crippen LogP contribution in [0.2, 0.25) is 0 Å². The third-order valence-electron chi connectivity index (χ3n) is 4.20. The lowest BCUT2D eigenvalue weighted by Crippen LogP contribution is -2.34. The zero-order chi connectivity index (χ0) is 17.0. The van der Waals surface area contributed by atoms with Crippen molar-refractivity contribution in [3.8, 4) is 0 Å². The Labute approximate surface area is 144 Å². The summed E-state index contributed by atoms with van der Waals surface area (Å²) < 4.78 is 51.2. The fourth-order valence-corrected chi connectivity index (χ4v) is 2.86. The zero-order valence-corrected chi connectivity index (χ0v) is 14.1. The number of halogens is 5. The number of piperidine rings is 1. The predicted octanol–water partition coefficient (Wildman–Crippen LogP) is 4.23. The van der Waals surface area contributed by atoms with Crippen molar-refractivity contribution in [3.63, 3.8) is 0 Å². The lowest BCUT2D eigenvalue weighted by molar-refractivity contribution is -0.140. The van der Waals surface area contributed by atoms with E-state index in [9.17, 15) is 22.4 Å². The molecule has 136 valence electrons. The van der Waals surface area contributed by atoms with Gasteiger partial charge in [0.2, 0.25) is 5.91 Å². The largest absolute Gasteiger partial charge is 0.419 e. The van der Waals surface area contributed by atoms with Crippen molar-refractivity contribution in [2.45, 2.75) is 32.4 Å². The first-order chi connectivity index (χ1) is 10.8. The Kier molecular flexibility index (Phi) is 7.48. The van der Waals surface area contributed by atoms with Crippen LogP contribution in [0.3, 0.4) is 0 Å². The third kappa shape index (κ3) is 5.63. The summed E-state index contributed by atoms with van der Waals surface area (Å²) in [4.78, 5) is 12.0. The molecule has 0 aliphatic carbocycles. The maximum Gasteiger partial charge on any atom is 0.419 e. The van der Waals surface area contributed by atoms with Crippen LogP contribution in [0.15, 0.2) is 18.2 Å². The van der Waals surface area contributed by atoms with Crippen LogP contribution >= 0.6 is 12.4 Å². The first kappa shape index (κ1) is 20.7. The second-order valence-electron chi connectivity index (χ2n) is 6.03. The molecule has 24 heavy (non-hydrogen) atoms. The van der Waals surface area contributed by atoms with Crippen LogP contribution in [0.5, 0.6) is 0 Å². The van der Waals surface area contributed by atoms with Gasteiger partial charge in [-0.1, -0.05) is 6.92 Å². The zero-order valence-electron chi connectivity index (χ0n) is 13.3. The highest BCUT2D eigenvalue weighted by Crippen LogP contribution is 2.33. The van der Waals surface area contributed by atoms with Gasteiger partial charge in [-0.25, -0.2) is 4.39 Å². The fourth-order valence-electron chi connectivity index (χ4n) is 2.86. The van der Waals surface area contributed by atoms with E-state index >= 15 is 0 Å². The number of carbonyl (C=O) groups is 1. The minimum absolute atomic E-state index is 0. The SMILES string of the molecule is CC(CC(=O)Nc1ccc(F)c(C(F)(F)F)c1)C1CCCNC1.Cl. The lowest BCUT2D eigenvalue weighted by atomic mass is 9.85. The molecule has 2 unspecified atom stereocenters. The first-order valence-electron chi connectivity index (χ1n) is 7.64. The summed E-state index contributed by atoms with van der Waals surface area (Å²) in [5, 5.41) is 5.70. The van der Waals surface area contributed by atoms with Gasteiger partial charge in [0.1, 0.15) is 5.82 Å². The number of benzene rings is 1. The Balaban J connectivity index is 0.00000288. The Morgan fingerprint density at radius 2 is 2.12 bits per heavy atom. The number of carbonyl (C=O) groups excluding carboxylic acids is 1. The van der Waals surface area contributed by atoms with E-state index in [1.54, 1.807) is 0 Å². The molecule has 2 N–H and O–H groups in total. The van der Waals surface area contributed by atoms with Crippen molar-refractivity contribution in [3.05, 3.63) is 29.6 Å². The molecule has 1 saturated heterocycles. The van der Waals surface area contributed by atoms with Crippen LogP contribution < -0.4 is 10.6 Å². The summed E-state index contributed by atoms with van der Waals surface area (Å²) >= 11 is 0. The van der Waals surface area contributed by atoms with E-state index in [0.717, 1.165) is 32.0 Å². The predicted molar refractivity (Wildman–Crippen MR) is 86.7 cm³/mol. The van der Waals surface area contributed by atoms with Gasteiger partial charge in [-0.2, -0.15) is 13.2 Å². The molecule has 1 amide bonds. The van der Waals surface area contributed by atoms with Crippen molar-refractivity contribution in [2.24, 2.45) is 11.8 Å². The minimum atomic E-state index is -4.79. The van der Waals surface area contributed by atoms with Gasteiger partial charge in [0.25, 0.3) is 0 Å². The molecule has 0 bridgehead atoms. The first-order valence-corrected chi connectivity index (χ1v) is 7.64. The maximum atomic E-state index is 13.2. The highest BCUT2D eigenvalue weighted by molar-refractivity contribution is 5.90. The smallest absolute Gasteiger partial charge is 0.326 e. The van der Waals surface area contributed by atoms with E-state index in [4.69, 9.17) is 0 Å². The molecule has 0 radical (unpaired) electrons. The molecule has 1 aromatic carbocycles. The van der Waals surface area contributed by atoms with Gasteiger partial charge >= 0.3 is 6.18 Å². The van der Waals surface area contributed by atoms with Crippen LogP contribution in [0.25, 0.3) is 0 Å². The normalized spacial score (nSPS) is 19.3. The van der Waals surface area contributed by atoms with Crippen LogP contribution in [0.1, 0.15) is 31.7 Å². The van der Waals surface area contributed by atoms with E-state index in [1.165, 1.54) is 0 Å². The van der Waals surface area contributed by atoms with E-state index < -0.39 is 17.6 Å². The summed E-state index contributed by atoms with van der Waals surface area (Å²) in [5.74, 6) is -1.20. The topological polar surface area (TPSA) is 41.1 Å². The highest BCUT2D eigenvalue weighted by Gasteiger charge is 2.34. The van der Waals surface area contributed by atoms with Crippen molar-refractivity contribution in [1.82, 2.24) is 5.32 Å². The second-order valence-corrected chi connectivity index (χ2v) is 6.03. The molecule has 0 aromatic heterocycles. The molecule has 1 aliphatic rings. The van der Waals surface area contributed by atoms with Crippen molar-refractivity contribution in [1.29, 1.82) is 0 Å². The molecule has 1 heterocycles. The highest BCUT2D eigenvalue weighted by atomic mass is 35.5. The van der Waals surface area contributed by atoms with Gasteiger partial charge in [0, 0.05) is 12.1 Å². The number of amides is 1. The summed E-state index contributed by atoms with van der Waals surface area (Å²) in [6, 6.07) is 2.47. The van der Waals surface area contributed by atoms with Gasteiger partial charge in [-0.05, 0) is 56.0 Å². The van der Waals surface area contributed by atoms with Gasteiger partial charge in [0.05, 0.1) is 5.56 Å². The number of alkyl halides is 3. The molecular formula is C16H21ClF4N2O. The monoisotopic (exact) mass is 368 g/mol. The quantitative estimate of drug-likeness (QED) is 0.781. The molecule has 1 aliphatic heterocycles. The molecule has 3 nitrogen and oxygen atoms in total. The average Bonchev–Trinajstić information content (AvgIpc) is 2.49. The minimum Gasteiger partial charge on any atom is -0.326 e. The Morgan fingerprint density at radius 3 is 2.71 bits per heavy atom. The summed E-state index contributed by atoms with van der Waals surface area (Å²) in [5.41, 5.74) is -1.42. The molecule has 8 heteroatoms. The van der Waals surface area contributed by atoms with E-state index in [0.29, 0.717) is 18.1 Å². The molecule has 2 atom stereocenters. The number of anilines is 1. The Hall–Kier alpha value is -1.34. The van der Waals surface area contributed by atoms with Gasteiger partial charge in [0.15, 0.2) is 0 Å². The summed E-state index contributed by atoms with van der Waals surface area (Å²) in [7, 11) is 0. The maximum absolute atomic E-state index is 13.2. The fraction of sp³-hybridized carbons (Fsp3) is 0.562. The number of hydrogen-bond acceptors (Lipinski definition) is 2. The van der Waals surface area contributed by atoms with Gasteiger partial charge < -0.3 is 10.6 Å². The lowest BCUT2D eigenvalue weighted by Gasteiger charge is -2.28. The van der Waals surface area contributed by atoms with Crippen LogP contribution in [-0.4, -0.2) is 19.0 Å². The van der Waals surface area contributed by atoms with E-state index in [1.807, 2.05) is 6.92 Å². The molecular weight excluding hydrogens is 348 g/mol. The Morgan fingerprint density at radius 1 is 1.42 bits per heavy atom. The van der Waals surface area contributed by atoms with Crippen LogP contribution in [0.4, 0.5) is 23.2 Å². The van der Waals surface area contributed by atoms with Gasteiger partial charge in [-0.15, -0.1) is 12.4 Å². The second kappa shape index (κ2) is 8.67. The van der Waals surface area contributed by atoms with Crippen LogP contribution in [-0.2, 0) is 11.0 Å². The van der Waals surface area contributed by atoms with Crippen LogP contribution in [0, 0.1) is 17.7 Å².